The van der Waals surface area contributed by atoms with E-state index in [1.807, 2.05) is 7.05 Å². The molecule has 2 aromatic rings. The molecule has 132 valence electrons. The number of rotatable bonds is 7. The molecule has 6 heteroatoms. The highest BCUT2D eigenvalue weighted by Crippen LogP contribution is 2.20. The van der Waals surface area contributed by atoms with E-state index in [-0.39, 0.29) is 11.6 Å². The highest BCUT2D eigenvalue weighted by atomic mass is 16.6. The van der Waals surface area contributed by atoms with Gasteiger partial charge in [-0.3, -0.25) is 14.9 Å². The average Bonchev–Trinajstić information content (AvgIpc) is 2.57. The number of aryl methyl sites for hydroxylation is 2. The highest BCUT2D eigenvalue weighted by Gasteiger charge is 2.14. The fourth-order valence-electron chi connectivity index (χ4n) is 2.67. The molecular formula is C19H24N3O3+. The number of carbonyl (C=O) groups is 1. The van der Waals surface area contributed by atoms with Gasteiger partial charge in [0.05, 0.1) is 12.0 Å². The number of nitro benzene ring substituents is 1. The van der Waals surface area contributed by atoms with E-state index in [1.54, 1.807) is 13.0 Å². The van der Waals surface area contributed by atoms with Crippen LogP contribution in [0.4, 0.5) is 11.4 Å². The molecule has 6 nitrogen and oxygen atoms in total. The van der Waals surface area contributed by atoms with E-state index in [1.165, 1.54) is 23.3 Å². The second kappa shape index (κ2) is 8.39. The lowest BCUT2D eigenvalue weighted by Gasteiger charge is -2.15. The lowest BCUT2D eigenvalue weighted by Crippen LogP contribution is -3.08. The van der Waals surface area contributed by atoms with E-state index in [0.717, 1.165) is 17.9 Å². The van der Waals surface area contributed by atoms with E-state index < -0.39 is 4.92 Å². The first-order chi connectivity index (χ1) is 11.9. The van der Waals surface area contributed by atoms with E-state index >= 15 is 0 Å². The number of hydrogen-bond donors (Lipinski definition) is 2. The van der Waals surface area contributed by atoms with Crippen LogP contribution < -0.4 is 10.2 Å². The Bertz CT molecular complexity index is 757. The third-order valence-electron chi connectivity index (χ3n) is 4.09. The van der Waals surface area contributed by atoms with Crippen LogP contribution in [0.5, 0.6) is 0 Å². The van der Waals surface area contributed by atoms with Crippen LogP contribution >= 0.6 is 0 Å². The Labute approximate surface area is 147 Å². The van der Waals surface area contributed by atoms with Crippen LogP contribution in [0.1, 0.15) is 23.6 Å². The number of anilines is 1. The van der Waals surface area contributed by atoms with Crippen molar-refractivity contribution >= 4 is 17.3 Å². The van der Waals surface area contributed by atoms with Crippen LogP contribution in [0.2, 0.25) is 0 Å². The smallest absolute Gasteiger partial charge is 0.279 e. The second-order valence-electron chi connectivity index (χ2n) is 6.29. The number of amides is 1. The molecule has 0 aliphatic heterocycles. The summed E-state index contributed by atoms with van der Waals surface area (Å²) in [6, 6.07) is 12.9. The summed E-state index contributed by atoms with van der Waals surface area (Å²) >= 11 is 0. The Balaban J connectivity index is 1.91. The minimum Gasteiger partial charge on any atom is -0.326 e. The maximum Gasteiger partial charge on any atom is 0.279 e. The normalized spacial score (nSPS) is 11.8. The summed E-state index contributed by atoms with van der Waals surface area (Å²) in [5, 5.41) is 13.6. The zero-order valence-electron chi connectivity index (χ0n) is 14.8. The number of likely N-dealkylation sites (N-methyl/N-ethyl adjacent to an activating group) is 1. The van der Waals surface area contributed by atoms with Crippen molar-refractivity contribution in [3.05, 3.63) is 69.3 Å². The van der Waals surface area contributed by atoms with Gasteiger partial charge in [0, 0.05) is 23.4 Å². The summed E-state index contributed by atoms with van der Waals surface area (Å²) in [7, 11) is 1.97. The van der Waals surface area contributed by atoms with E-state index in [9.17, 15) is 14.9 Å². The monoisotopic (exact) mass is 342 g/mol. The van der Waals surface area contributed by atoms with Gasteiger partial charge in [0.2, 0.25) is 0 Å². The molecule has 0 aliphatic rings. The first-order valence-corrected chi connectivity index (χ1v) is 8.33. The summed E-state index contributed by atoms with van der Waals surface area (Å²) < 4.78 is 0. The number of nitrogens with one attached hydrogen (secondary N) is 2. The number of hydrogen-bond acceptors (Lipinski definition) is 3. The zero-order chi connectivity index (χ0) is 18.4. The molecular weight excluding hydrogens is 318 g/mol. The van der Waals surface area contributed by atoms with Gasteiger partial charge in [0.15, 0.2) is 6.54 Å². The Hall–Kier alpha value is -2.73. The van der Waals surface area contributed by atoms with Crippen molar-refractivity contribution in [2.45, 2.75) is 26.8 Å². The summed E-state index contributed by atoms with van der Waals surface area (Å²) in [5.74, 6) is -0.111. The molecule has 2 aromatic carbocycles. The molecule has 0 aliphatic carbocycles. The van der Waals surface area contributed by atoms with Crippen LogP contribution in [-0.4, -0.2) is 24.4 Å². The van der Waals surface area contributed by atoms with Gasteiger partial charge in [-0.1, -0.05) is 31.2 Å². The molecule has 0 saturated heterocycles. The van der Waals surface area contributed by atoms with Crippen molar-refractivity contribution < 1.29 is 14.6 Å². The van der Waals surface area contributed by atoms with Gasteiger partial charge in [-0.25, -0.2) is 0 Å². The fraction of sp³-hybridized carbons (Fsp3) is 0.316. The lowest BCUT2D eigenvalue weighted by atomic mass is 10.1. The second-order valence-corrected chi connectivity index (χ2v) is 6.29. The third kappa shape index (κ3) is 5.39. The molecule has 0 heterocycles. The van der Waals surface area contributed by atoms with Gasteiger partial charge >= 0.3 is 0 Å². The molecule has 1 amide bonds. The van der Waals surface area contributed by atoms with Gasteiger partial charge in [-0.2, -0.15) is 0 Å². The standard InChI is InChI=1S/C19H23N3O3/c1-4-15-5-7-16(8-6-15)12-21(3)13-19(23)20-18-10-9-17(22(24)25)11-14(18)2/h5-11H,4,12-13H2,1-3H3,(H,20,23)/p+1. The minimum atomic E-state index is -0.444. The maximum absolute atomic E-state index is 12.2. The summed E-state index contributed by atoms with van der Waals surface area (Å²) in [5.41, 5.74) is 3.79. The van der Waals surface area contributed by atoms with E-state index in [4.69, 9.17) is 0 Å². The summed E-state index contributed by atoms with van der Waals surface area (Å²) in [6.45, 7) is 4.95. The number of nitrogens with zero attached hydrogens (tertiary/aromatic N) is 1. The van der Waals surface area contributed by atoms with Gasteiger partial charge < -0.3 is 10.2 Å². The molecule has 0 radical (unpaired) electrons. The van der Waals surface area contributed by atoms with Crippen molar-refractivity contribution in [1.29, 1.82) is 0 Å². The predicted octanol–water partition coefficient (Wildman–Crippen LogP) is 2.12. The molecule has 0 saturated carbocycles. The average molecular weight is 342 g/mol. The van der Waals surface area contributed by atoms with Crippen molar-refractivity contribution in [2.75, 3.05) is 18.9 Å². The van der Waals surface area contributed by atoms with Gasteiger partial charge in [-0.05, 0) is 30.5 Å². The third-order valence-corrected chi connectivity index (χ3v) is 4.09. The minimum absolute atomic E-state index is 0.0220. The van der Waals surface area contributed by atoms with Crippen molar-refractivity contribution in [2.24, 2.45) is 0 Å². The zero-order valence-corrected chi connectivity index (χ0v) is 14.8. The summed E-state index contributed by atoms with van der Waals surface area (Å²) in [4.78, 5) is 23.6. The van der Waals surface area contributed by atoms with Gasteiger partial charge in [0.1, 0.15) is 6.54 Å². The number of nitro groups is 1. The van der Waals surface area contributed by atoms with Crippen molar-refractivity contribution in [1.82, 2.24) is 0 Å². The van der Waals surface area contributed by atoms with Crippen LogP contribution in [0.25, 0.3) is 0 Å². The largest absolute Gasteiger partial charge is 0.326 e. The lowest BCUT2D eigenvalue weighted by molar-refractivity contribution is -0.885. The molecule has 2 rings (SSSR count). The highest BCUT2D eigenvalue weighted by molar-refractivity contribution is 5.92. The number of non-ortho nitro benzene ring substituents is 1. The molecule has 25 heavy (non-hydrogen) atoms. The number of carbonyl (C=O) groups excluding carboxylic acids is 1. The number of quaternary nitrogens is 1. The topological polar surface area (TPSA) is 76.7 Å². The Morgan fingerprint density at radius 3 is 2.36 bits per heavy atom. The Morgan fingerprint density at radius 1 is 1.16 bits per heavy atom. The Kier molecular flexibility index (Phi) is 6.25. The van der Waals surface area contributed by atoms with Crippen LogP contribution in [0.3, 0.4) is 0 Å². The maximum atomic E-state index is 12.2. The molecule has 1 unspecified atom stereocenters. The molecule has 0 aromatic heterocycles. The molecule has 0 spiro atoms. The van der Waals surface area contributed by atoms with Crippen molar-refractivity contribution in [3.63, 3.8) is 0 Å². The van der Waals surface area contributed by atoms with Gasteiger partial charge in [-0.15, -0.1) is 0 Å². The number of benzene rings is 2. The first-order valence-electron chi connectivity index (χ1n) is 8.33. The van der Waals surface area contributed by atoms with Crippen LogP contribution in [0, 0.1) is 17.0 Å². The fourth-order valence-corrected chi connectivity index (χ4v) is 2.67. The first kappa shape index (κ1) is 18.6. The predicted molar refractivity (Wildman–Crippen MR) is 97.7 cm³/mol. The molecule has 2 N–H and O–H groups in total. The quantitative estimate of drug-likeness (QED) is 0.598. The molecule has 1 atom stereocenters. The van der Waals surface area contributed by atoms with E-state index in [0.29, 0.717) is 17.8 Å². The SMILES string of the molecule is CCc1ccc(C[NH+](C)CC(=O)Nc2ccc([N+](=O)[O-])cc2C)cc1. The summed E-state index contributed by atoms with van der Waals surface area (Å²) in [6.07, 6.45) is 1.01. The van der Waals surface area contributed by atoms with Crippen LogP contribution in [0.15, 0.2) is 42.5 Å². The van der Waals surface area contributed by atoms with Crippen LogP contribution in [-0.2, 0) is 17.8 Å². The van der Waals surface area contributed by atoms with Crippen molar-refractivity contribution in [3.8, 4) is 0 Å². The van der Waals surface area contributed by atoms with E-state index in [2.05, 4.69) is 36.5 Å². The molecule has 0 fully saturated rings. The van der Waals surface area contributed by atoms with Gasteiger partial charge in [0.25, 0.3) is 11.6 Å². The Morgan fingerprint density at radius 2 is 1.80 bits per heavy atom. The molecule has 0 bridgehead atoms.